The number of nitrogens with zero attached hydrogens (tertiary/aromatic N) is 2. The maximum atomic E-state index is 12.7. The van der Waals surface area contributed by atoms with E-state index in [9.17, 15) is 18.5 Å². The minimum atomic E-state index is -4.07. The van der Waals surface area contributed by atoms with E-state index in [1.807, 2.05) is 0 Å². The fourth-order valence-corrected chi connectivity index (χ4v) is 4.19. The van der Waals surface area contributed by atoms with E-state index in [1.54, 1.807) is 30.3 Å². The molecular weight excluding hydrogens is 464 g/mol. The Balaban J connectivity index is 1.51. The number of nitro groups is 1. The van der Waals surface area contributed by atoms with E-state index in [-0.39, 0.29) is 16.3 Å². The molecule has 0 bridgehead atoms. The molecule has 0 atom stereocenters. The fourth-order valence-electron chi connectivity index (χ4n) is 3.11. The third-order valence-electron chi connectivity index (χ3n) is 4.78. The van der Waals surface area contributed by atoms with Gasteiger partial charge in [0.1, 0.15) is 24.7 Å². The van der Waals surface area contributed by atoms with Crippen LogP contribution in [0.5, 0.6) is 17.2 Å². The standard InChI is InChI=1S/C22H20N4O7S/c1-31-17-5-3-16(4-6-17)25-34(29,30)18-7-8-19(20(13-18)26(27)28)24-23-14-15-2-9-21-22(12-15)33-11-10-32-21/h2-9,12-14,24-25H,10-11H2,1H3/b23-14+. The van der Waals surface area contributed by atoms with Crippen LogP contribution in [0.25, 0.3) is 0 Å². The SMILES string of the molecule is COc1ccc(NS(=O)(=O)c2ccc(N/N=C/c3ccc4c(c3)OCCO4)c([N+](=O)[O-])c2)cc1. The topological polar surface area (TPSA) is 141 Å². The lowest BCUT2D eigenvalue weighted by Gasteiger charge is -2.18. The van der Waals surface area contributed by atoms with Gasteiger partial charge in [0.2, 0.25) is 0 Å². The third-order valence-corrected chi connectivity index (χ3v) is 6.16. The van der Waals surface area contributed by atoms with Crippen molar-refractivity contribution in [3.05, 3.63) is 76.3 Å². The maximum absolute atomic E-state index is 12.7. The summed E-state index contributed by atoms with van der Waals surface area (Å²) in [5, 5.41) is 15.6. The van der Waals surface area contributed by atoms with Crippen LogP contribution in [0, 0.1) is 10.1 Å². The van der Waals surface area contributed by atoms with Gasteiger partial charge in [0.25, 0.3) is 15.7 Å². The predicted molar refractivity (Wildman–Crippen MR) is 126 cm³/mol. The Labute approximate surface area is 195 Å². The molecule has 1 heterocycles. The van der Waals surface area contributed by atoms with Gasteiger partial charge in [0, 0.05) is 11.8 Å². The summed E-state index contributed by atoms with van der Waals surface area (Å²) in [7, 11) is -2.57. The molecule has 3 aromatic carbocycles. The monoisotopic (exact) mass is 484 g/mol. The molecule has 0 spiro atoms. The Kier molecular flexibility index (Phi) is 6.50. The first-order valence-electron chi connectivity index (χ1n) is 10.00. The average Bonchev–Trinajstić information content (AvgIpc) is 2.84. The number of hydrogen-bond donors (Lipinski definition) is 2. The summed E-state index contributed by atoms with van der Waals surface area (Å²) in [6, 6.07) is 15.0. The van der Waals surface area contributed by atoms with Crippen LogP contribution in [-0.2, 0) is 10.0 Å². The molecule has 0 saturated heterocycles. The van der Waals surface area contributed by atoms with Gasteiger partial charge < -0.3 is 14.2 Å². The highest BCUT2D eigenvalue weighted by molar-refractivity contribution is 7.92. The Morgan fingerprint density at radius 2 is 1.76 bits per heavy atom. The summed E-state index contributed by atoms with van der Waals surface area (Å²) >= 11 is 0. The lowest BCUT2D eigenvalue weighted by atomic mass is 10.2. The summed E-state index contributed by atoms with van der Waals surface area (Å²) in [6.07, 6.45) is 1.46. The number of hydrogen-bond acceptors (Lipinski definition) is 9. The van der Waals surface area contributed by atoms with E-state index in [0.29, 0.717) is 36.0 Å². The van der Waals surface area contributed by atoms with Gasteiger partial charge in [-0.05, 0) is 60.2 Å². The van der Waals surface area contributed by atoms with Crippen LogP contribution in [-0.4, -0.2) is 39.9 Å². The van der Waals surface area contributed by atoms with Gasteiger partial charge in [-0.1, -0.05) is 0 Å². The lowest BCUT2D eigenvalue weighted by Crippen LogP contribution is -2.15. The van der Waals surface area contributed by atoms with Crippen molar-refractivity contribution < 1.29 is 27.6 Å². The second-order valence-electron chi connectivity index (χ2n) is 7.04. The molecular formula is C22H20N4O7S. The Morgan fingerprint density at radius 3 is 2.47 bits per heavy atom. The van der Waals surface area contributed by atoms with Gasteiger partial charge in [-0.2, -0.15) is 5.10 Å². The molecule has 34 heavy (non-hydrogen) atoms. The zero-order valence-electron chi connectivity index (χ0n) is 17.9. The van der Waals surface area contributed by atoms with Crippen molar-refractivity contribution >= 4 is 33.3 Å². The van der Waals surface area contributed by atoms with Crippen molar-refractivity contribution in [2.45, 2.75) is 4.90 Å². The number of fused-ring (bicyclic) bond motifs is 1. The maximum Gasteiger partial charge on any atom is 0.295 e. The van der Waals surface area contributed by atoms with E-state index in [4.69, 9.17) is 14.2 Å². The highest BCUT2D eigenvalue weighted by atomic mass is 32.2. The molecule has 0 saturated carbocycles. The van der Waals surface area contributed by atoms with Crippen molar-refractivity contribution in [3.63, 3.8) is 0 Å². The summed E-state index contributed by atoms with van der Waals surface area (Å²) in [4.78, 5) is 10.6. The molecule has 11 nitrogen and oxygen atoms in total. The second kappa shape index (κ2) is 9.67. The predicted octanol–water partition coefficient (Wildman–Crippen LogP) is 3.62. The van der Waals surface area contributed by atoms with Gasteiger partial charge >= 0.3 is 0 Å². The fraction of sp³-hybridized carbons (Fsp3) is 0.136. The zero-order valence-corrected chi connectivity index (χ0v) is 18.7. The molecule has 2 N–H and O–H groups in total. The number of methoxy groups -OCH3 is 1. The highest BCUT2D eigenvalue weighted by Crippen LogP contribution is 2.31. The molecule has 0 radical (unpaired) electrons. The summed E-state index contributed by atoms with van der Waals surface area (Å²) in [5.41, 5.74) is 3.14. The van der Waals surface area contributed by atoms with Gasteiger partial charge in [-0.3, -0.25) is 20.3 Å². The summed E-state index contributed by atoms with van der Waals surface area (Å²) < 4.78 is 43.8. The zero-order chi connectivity index (χ0) is 24.1. The second-order valence-corrected chi connectivity index (χ2v) is 8.73. The normalized spacial score (nSPS) is 12.9. The van der Waals surface area contributed by atoms with E-state index >= 15 is 0 Å². The van der Waals surface area contributed by atoms with Crippen LogP contribution in [0.4, 0.5) is 17.1 Å². The number of ether oxygens (including phenoxy) is 3. The van der Waals surface area contributed by atoms with Crippen molar-refractivity contribution in [3.8, 4) is 17.2 Å². The minimum absolute atomic E-state index is 0.0298. The van der Waals surface area contributed by atoms with Crippen LogP contribution >= 0.6 is 0 Å². The molecule has 0 unspecified atom stereocenters. The number of sulfonamides is 1. The first-order chi connectivity index (χ1) is 16.4. The van der Waals surface area contributed by atoms with Crippen molar-refractivity contribution in [1.82, 2.24) is 0 Å². The molecule has 0 fully saturated rings. The molecule has 0 amide bonds. The van der Waals surface area contributed by atoms with Gasteiger partial charge in [0.05, 0.1) is 23.1 Å². The van der Waals surface area contributed by atoms with Gasteiger partial charge in [-0.25, -0.2) is 8.42 Å². The van der Waals surface area contributed by atoms with E-state index in [1.165, 1.54) is 37.6 Å². The van der Waals surface area contributed by atoms with E-state index < -0.39 is 20.6 Å². The molecule has 1 aliphatic rings. The number of benzene rings is 3. The molecule has 1 aliphatic heterocycles. The summed E-state index contributed by atoms with van der Waals surface area (Å²) in [6.45, 7) is 0.924. The van der Waals surface area contributed by atoms with Crippen molar-refractivity contribution in [1.29, 1.82) is 0 Å². The lowest BCUT2D eigenvalue weighted by molar-refractivity contribution is -0.384. The van der Waals surface area contributed by atoms with Crippen LogP contribution in [0.1, 0.15) is 5.56 Å². The number of nitrogens with one attached hydrogen (secondary N) is 2. The van der Waals surface area contributed by atoms with Crippen LogP contribution in [0.15, 0.2) is 70.7 Å². The van der Waals surface area contributed by atoms with E-state index in [0.717, 1.165) is 6.07 Å². The molecule has 0 aliphatic carbocycles. The largest absolute Gasteiger partial charge is 0.497 e. The van der Waals surface area contributed by atoms with Crippen LogP contribution in [0.3, 0.4) is 0 Å². The Bertz CT molecular complexity index is 1340. The smallest absolute Gasteiger partial charge is 0.295 e. The van der Waals surface area contributed by atoms with Gasteiger partial charge in [-0.15, -0.1) is 0 Å². The Morgan fingerprint density at radius 1 is 1.03 bits per heavy atom. The first-order valence-corrected chi connectivity index (χ1v) is 11.5. The molecule has 176 valence electrons. The number of hydrazone groups is 1. The highest BCUT2D eigenvalue weighted by Gasteiger charge is 2.21. The number of nitro benzene ring substituents is 1. The van der Waals surface area contributed by atoms with Crippen molar-refractivity contribution in [2.75, 3.05) is 30.5 Å². The molecule has 12 heteroatoms. The molecule has 4 rings (SSSR count). The Hall–Kier alpha value is -4.32. The average molecular weight is 484 g/mol. The molecule has 0 aromatic heterocycles. The van der Waals surface area contributed by atoms with Crippen molar-refractivity contribution in [2.24, 2.45) is 5.10 Å². The van der Waals surface area contributed by atoms with Crippen LogP contribution in [0.2, 0.25) is 0 Å². The first kappa shape index (κ1) is 22.9. The number of anilines is 2. The molecule has 3 aromatic rings. The van der Waals surface area contributed by atoms with Gasteiger partial charge in [0.15, 0.2) is 11.5 Å². The quantitative estimate of drug-likeness (QED) is 0.281. The number of rotatable bonds is 8. The summed E-state index contributed by atoms with van der Waals surface area (Å²) in [5.74, 6) is 1.78. The minimum Gasteiger partial charge on any atom is -0.497 e. The third kappa shape index (κ3) is 5.18. The van der Waals surface area contributed by atoms with Crippen LogP contribution < -0.4 is 24.4 Å². The van der Waals surface area contributed by atoms with E-state index in [2.05, 4.69) is 15.2 Å².